The first-order valence-corrected chi connectivity index (χ1v) is 22.8. The van der Waals surface area contributed by atoms with E-state index in [9.17, 15) is 5.11 Å². The Hall–Kier alpha value is -7.04. The molecule has 0 unspecified atom stereocenters. The average Bonchev–Trinajstić information content (AvgIpc) is 3.68. The molecule has 324 valence electrons. The fourth-order valence-corrected chi connectivity index (χ4v) is 8.93. The van der Waals surface area contributed by atoms with Crippen molar-refractivity contribution in [1.29, 1.82) is 0 Å². The molecule has 0 bridgehead atoms. The zero-order valence-electron chi connectivity index (χ0n) is 39.5. The van der Waals surface area contributed by atoms with Crippen molar-refractivity contribution < 1.29 is 5.11 Å². The van der Waals surface area contributed by atoms with E-state index in [1.54, 1.807) is 0 Å². The Kier molecular flexibility index (Phi) is 11.0. The number of phenolic OH excluding ortho intramolecular Hbond substituents is 1. The van der Waals surface area contributed by atoms with Gasteiger partial charge in [-0.05, 0) is 133 Å². The fraction of sp³-hybridized carbons (Fsp3) is 0.213. The van der Waals surface area contributed by atoms with Gasteiger partial charge in [-0.1, -0.05) is 172 Å². The minimum atomic E-state index is -0.318. The van der Waals surface area contributed by atoms with E-state index in [-0.39, 0.29) is 22.0 Å². The van der Waals surface area contributed by atoms with Crippen LogP contribution in [0.4, 0.5) is 0 Å². The maximum Gasteiger partial charge on any atom is 0.149 e. The second kappa shape index (κ2) is 16.5. The smallest absolute Gasteiger partial charge is 0.149 e. The lowest BCUT2D eigenvalue weighted by Gasteiger charge is -2.27. The predicted molar refractivity (Wildman–Crippen MR) is 274 cm³/mol. The SMILES string of the molecule is Cc1cc(-c2ccccc2)cc(-n2c(-c3cc(C(C)(C)C)cc(C(C)(C)C)c3O)nc3c(-c4cc(-c5ccccc5)cc(-c5cc(-c6ccc(C(C)(C)C)cc6)ccn5)c4)cccc32)c1. The molecule has 0 radical (unpaired) electrons. The van der Waals surface area contributed by atoms with E-state index in [2.05, 4.69) is 238 Å². The minimum absolute atomic E-state index is 0.0764. The third-order valence-corrected chi connectivity index (χ3v) is 12.6. The summed E-state index contributed by atoms with van der Waals surface area (Å²) in [6, 6.07) is 58.6. The maximum atomic E-state index is 12.5. The first-order chi connectivity index (χ1) is 30.9. The summed E-state index contributed by atoms with van der Waals surface area (Å²) < 4.78 is 2.25. The number of hydrogen-bond donors (Lipinski definition) is 1. The van der Waals surface area contributed by atoms with Crippen LogP contribution in [0.3, 0.4) is 0 Å². The Balaban J connectivity index is 1.30. The van der Waals surface area contributed by atoms with Crippen LogP contribution in [0.5, 0.6) is 5.75 Å². The van der Waals surface area contributed by atoms with E-state index in [1.807, 2.05) is 6.20 Å². The van der Waals surface area contributed by atoms with Gasteiger partial charge in [0, 0.05) is 28.6 Å². The van der Waals surface area contributed by atoms with Crippen LogP contribution in [-0.4, -0.2) is 19.6 Å². The highest BCUT2D eigenvalue weighted by Gasteiger charge is 2.29. The fourth-order valence-electron chi connectivity index (χ4n) is 8.93. The van der Waals surface area contributed by atoms with Crippen LogP contribution in [0.2, 0.25) is 0 Å². The number of benzene rings is 7. The second-order valence-electron chi connectivity index (χ2n) is 20.7. The summed E-state index contributed by atoms with van der Waals surface area (Å²) in [6.07, 6.45) is 1.92. The molecule has 2 aromatic heterocycles. The highest BCUT2D eigenvalue weighted by molar-refractivity contribution is 5.98. The van der Waals surface area contributed by atoms with Gasteiger partial charge in [0.15, 0.2) is 0 Å². The van der Waals surface area contributed by atoms with Gasteiger partial charge in [-0.3, -0.25) is 9.55 Å². The zero-order valence-corrected chi connectivity index (χ0v) is 39.5. The third-order valence-electron chi connectivity index (χ3n) is 12.6. The molecule has 1 N–H and O–H groups in total. The van der Waals surface area contributed by atoms with Crippen LogP contribution in [0.25, 0.3) is 83.9 Å². The molecule has 9 rings (SSSR count). The van der Waals surface area contributed by atoms with Gasteiger partial charge >= 0.3 is 0 Å². The minimum Gasteiger partial charge on any atom is -0.507 e. The van der Waals surface area contributed by atoms with Crippen molar-refractivity contribution in [3.05, 3.63) is 192 Å². The second-order valence-corrected chi connectivity index (χ2v) is 20.7. The number of nitrogens with zero attached hydrogens (tertiary/aromatic N) is 3. The van der Waals surface area contributed by atoms with Crippen molar-refractivity contribution >= 4 is 11.0 Å². The Bertz CT molecular complexity index is 3190. The number of pyridine rings is 1. The molecule has 0 saturated carbocycles. The Labute approximate surface area is 385 Å². The third kappa shape index (κ3) is 8.66. The molecule has 0 aliphatic heterocycles. The molecular weight excluding hydrogens is 791 g/mol. The standard InChI is InChI=1S/C61H59N3O/c1-39-30-44(40-18-13-11-14-19-40)35-50(31-39)64-55-23-17-22-51(56(55)63-58(64)52-37-49(60(5,6)7)38-53(57(52)65)61(8,9)10)46-32-45(41-20-15-12-16-21-41)33-47(34-46)54-36-43(28-29-62-54)42-24-26-48(27-25-42)59(2,3)4/h11-38,65H,1-10H3. The molecule has 4 heteroatoms. The predicted octanol–water partition coefficient (Wildman–Crippen LogP) is 16.3. The van der Waals surface area contributed by atoms with Crippen molar-refractivity contribution in [2.45, 2.75) is 85.5 Å². The lowest BCUT2D eigenvalue weighted by atomic mass is 9.79. The van der Waals surface area contributed by atoms with E-state index in [0.29, 0.717) is 11.4 Å². The van der Waals surface area contributed by atoms with Crippen LogP contribution >= 0.6 is 0 Å². The van der Waals surface area contributed by atoms with Gasteiger partial charge in [-0.15, -0.1) is 0 Å². The van der Waals surface area contributed by atoms with Gasteiger partial charge in [0.1, 0.15) is 11.6 Å². The molecule has 4 nitrogen and oxygen atoms in total. The molecule has 0 spiro atoms. The number of aromatic hydroxyl groups is 1. The normalized spacial score (nSPS) is 12.2. The summed E-state index contributed by atoms with van der Waals surface area (Å²) in [7, 11) is 0. The van der Waals surface area contributed by atoms with E-state index < -0.39 is 0 Å². The Morgan fingerprint density at radius 1 is 0.446 bits per heavy atom. The topological polar surface area (TPSA) is 50.9 Å². The van der Waals surface area contributed by atoms with Crippen LogP contribution in [0, 0.1) is 6.92 Å². The molecular formula is C61H59N3O. The molecule has 2 heterocycles. The number of fused-ring (bicyclic) bond motifs is 1. The summed E-state index contributed by atoms with van der Waals surface area (Å²) in [4.78, 5) is 10.6. The quantitative estimate of drug-likeness (QED) is 0.174. The highest BCUT2D eigenvalue weighted by atomic mass is 16.3. The van der Waals surface area contributed by atoms with Crippen LogP contribution in [0.1, 0.15) is 84.6 Å². The Morgan fingerprint density at radius 2 is 1.05 bits per heavy atom. The largest absolute Gasteiger partial charge is 0.507 e. The van der Waals surface area contributed by atoms with Gasteiger partial charge in [0.25, 0.3) is 0 Å². The number of rotatable bonds is 7. The summed E-state index contributed by atoms with van der Waals surface area (Å²) in [5.74, 6) is 0.948. The molecule has 7 aromatic carbocycles. The molecule has 0 fully saturated rings. The first-order valence-electron chi connectivity index (χ1n) is 22.8. The summed E-state index contributed by atoms with van der Waals surface area (Å²) >= 11 is 0. The van der Waals surface area contributed by atoms with Gasteiger partial charge in [0.05, 0.1) is 22.3 Å². The van der Waals surface area contributed by atoms with Gasteiger partial charge < -0.3 is 5.11 Å². The zero-order chi connectivity index (χ0) is 45.8. The number of aryl methyl sites for hydroxylation is 1. The number of imidazole rings is 1. The molecule has 0 aliphatic rings. The van der Waals surface area contributed by atoms with Gasteiger partial charge in [-0.2, -0.15) is 0 Å². The van der Waals surface area contributed by atoms with E-state index in [4.69, 9.17) is 9.97 Å². The highest BCUT2D eigenvalue weighted by Crippen LogP contribution is 2.45. The van der Waals surface area contributed by atoms with Crippen LogP contribution in [0.15, 0.2) is 170 Å². The monoisotopic (exact) mass is 849 g/mol. The molecule has 0 saturated heterocycles. The number of phenols is 1. The number of hydrogen-bond acceptors (Lipinski definition) is 3. The number of para-hydroxylation sites is 1. The maximum absolute atomic E-state index is 12.5. The lowest BCUT2D eigenvalue weighted by molar-refractivity contribution is 0.446. The van der Waals surface area contributed by atoms with Gasteiger partial charge in [0.2, 0.25) is 0 Å². The Morgan fingerprint density at radius 3 is 1.68 bits per heavy atom. The van der Waals surface area contributed by atoms with E-state index in [1.165, 1.54) is 5.56 Å². The molecule has 0 amide bonds. The molecule has 0 atom stereocenters. The van der Waals surface area contributed by atoms with Crippen molar-refractivity contribution in [3.63, 3.8) is 0 Å². The van der Waals surface area contributed by atoms with Crippen molar-refractivity contribution in [1.82, 2.24) is 14.5 Å². The van der Waals surface area contributed by atoms with E-state index in [0.717, 1.165) is 89.2 Å². The summed E-state index contributed by atoms with van der Waals surface area (Å²) in [5, 5.41) is 12.5. The molecule has 0 aliphatic carbocycles. The van der Waals surface area contributed by atoms with Gasteiger partial charge in [-0.25, -0.2) is 4.98 Å². The van der Waals surface area contributed by atoms with E-state index >= 15 is 0 Å². The average molecular weight is 850 g/mol. The number of aromatic nitrogens is 3. The first kappa shape index (κ1) is 43.2. The summed E-state index contributed by atoms with van der Waals surface area (Å²) in [6.45, 7) is 22.1. The van der Waals surface area contributed by atoms with Crippen molar-refractivity contribution in [3.8, 4) is 78.6 Å². The summed E-state index contributed by atoms with van der Waals surface area (Å²) in [5.41, 5.74) is 18.2. The molecule has 9 aromatic rings. The van der Waals surface area contributed by atoms with Crippen molar-refractivity contribution in [2.24, 2.45) is 0 Å². The lowest BCUT2D eigenvalue weighted by Crippen LogP contribution is -2.17. The van der Waals surface area contributed by atoms with Crippen LogP contribution in [-0.2, 0) is 16.2 Å². The molecule has 65 heavy (non-hydrogen) atoms. The van der Waals surface area contributed by atoms with Crippen molar-refractivity contribution in [2.75, 3.05) is 0 Å². The van der Waals surface area contributed by atoms with Crippen LogP contribution < -0.4 is 0 Å².